The smallest absolute Gasteiger partial charge is 0.310 e. The van der Waals surface area contributed by atoms with Crippen LogP contribution in [0, 0.1) is 5.41 Å². The maximum Gasteiger partial charge on any atom is 0.310 e. The molecule has 1 saturated carbocycles. The monoisotopic (exact) mass is 374 g/mol. The molecule has 0 aromatic rings. The first-order chi connectivity index (χ1) is 11.8. The maximum atomic E-state index is 12.8. The molecule has 3 aliphatic rings. The van der Waals surface area contributed by atoms with E-state index in [0.717, 1.165) is 6.42 Å². The predicted octanol–water partition coefficient (Wildman–Crippen LogP) is 0.284. The van der Waals surface area contributed by atoms with E-state index < -0.39 is 26.7 Å². The van der Waals surface area contributed by atoms with Gasteiger partial charge >= 0.3 is 5.97 Å². The first kappa shape index (κ1) is 18.6. The van der Waals surface area contributed by atoms with Gasteiger partial charge in [0.05, 0.1) is 23.9 Å². The van der Waals surface area contributed by atoms with Crippen molar-refractivity contribution >= 4 is 21.9 Å². The summed E-state index contributed by atoms with van der Waals surface area (Å²) in [4.78, 5) is 25.6. The maximum absolute atomic E-state index is 12.8. The number of carboxylic acids is 1. The summed E-state index contributed by atoms with van der Waals surface area (Å²) in [6.45, 7) is 2.17. The van der Waals surface area contributed by atoms with Crippen LogP contribution in [0.1, 0.15) is 38.5 Å². The third-order valence-corrected chi connectivity index (χ3v) is 8.05. The van der Waals surface area contributed by atoms with Crippen molar-refractivity contribution in [2.45, 2.75) is 43.8 Å². The van der Waals surface area contributed by atoms with Crippen molar-refractivity contribution in [1.82, 2.24) is 9.21 Å². The van der Waals surface area contributed by atoms with Gasteiger partial charge in [-0.1, -0.05) is 6.42 Å². The quantitative estimate of drug-likeness (QED) is 0.741. The van der Waals surface area contributed by atoms with Crippen molar-refractivity contribution in [3.63, 3.8) is 0 Å². The average Bonchev–Trinajstić information content (AvgIpc) is 2.58. The summed E-state index contributed by atoms with van der Waals surface area (Å²) in [5.74, 6) is -1.15. The molecule has 1 amide bonds. The van der Waals surface area contributed by atoms with Crippen molar-refractivity contribution in [3.05, 3.63) is 0 Å². The molecule has 1 unspecified atom stereocenters. The zero-order valence-corrected chi connectivity index (χ0v) is 15.2. The van der Waals surface area contributed by atoms with Gasteiger partial charge in [0.2, 0.25) is 15.9 Å². The number of piperidine rings is 1. The molecule has 3 rings (SSSR count). The summed E-state index contributed by atoms with van der Waals surface area (Å²) >= 11 is 0. The van der Waals surface area contributed by atoms with Gasteiger partial charge in [-0.2, -0.15) is 4.31 Å². The van der Waals surface area contributed by atoms with Gasteiger partial charge in [-0.15, -0.1) is 0 Å². The van der Waals surface area contributed by atoms with Crippen LogP contribution >= 0.6 is 0 Å². The van der Waals surface area contributed by atoms with Gasteiger partial charge in [-0.05, 0) is 25.7 Å². The number of carboxylic acid groups (broad SMARTS) is 1. The Kier molecular flexibility index (Phi) is 5.36. The number of hydrogen-bond donors (Lipinski definition) is 1. The van der Waals surface area contributed by atoms with Crippen LogP contribution in [0.25, 0.3) is 0 Å². The minimum atomic E-state index is -3.46. The Balaban J connectivity index is 1.64. The van der Waals surface area contributed by atoms with E-state index in [1.54, 1.807) is 4.90 Å². The number of rotatable bonds is 5. The van der Waals surface area contributed by atoms with Gasteiger partial charge in [0.1, 0.15) is 0 Å². The molecule has 25 heavy (non-hydrogen) atoms. The lowest BCUT2D eigenvalue weighted by molar-refractivity contribution is -0.159. The Morgan fingerprint density at radius 3 is 2.36 bits per heavy atom. The summed E-state index contributed by atoms with van der Waals surface area (Å²) in [5.41, 5.74) is -0.937. The Morgan fingerprint density at radius 1 is 1.12 bits per heavy atom. The first-order valence-corrected chi connectivity index (χ1v) is 10.4. The zero-order valence-electron chi connectivity index (χ0n) is 14.4. The number of sulfonamides is 1. The second kappa shape index (κ2) is 7.20. The molecular weight excluding hydrogens is 348 g/mol. The van der Waals surface area contributed by atoms with Crippen molar-refractivity contribution in [3.8, 4) is 0 Å². The Hall–Kier alpha value is -1.19. The number of likely N-dealkylation sites (tertiary alicyclic amines) is 1. The number of carbonyl (C=O) groups excluding carboxylic acids is 1. The lowest BCUT2D eigenvalue weighted by Crippen LogP contribution is -2.53. The van der Waals surface area contributed by atoms with Crippen LogP contribution in [0.4, 0.5) is 0 Å². The second-order valence-corrected chi connectivity index (χ2v) is 9.49. The normalized spacial score (nSPS) is 27.5. The number of aliphatic carboxylic acids is 1. The summed E-state index contributed by atoms with van der Waals surface area (Å²) in [6.07, 6.45) is 3.02. The van der Waals surface area contributed by atoms with Crippen molar-refractivity contribution in [2.75, 3.05) is 39.4 Å². The van der Waals surface area contributed by atoms with E-state index >= 15 is 0 Å². The number of hydrogen-bond acceptors (Lipinski definition) is 5. The molecular formula is C16H26N2O6S. The summed E-state index contributed by atoms with van der Waals surface area (Å²) < 4.78 is 32.3. The van der Waals surface area contributed by atoms with E-state index in [1.165, 1.54) is 4.31 Å². The molecule has 2 heterocycles. The number of nitrogens with zero attached hydrogens (tertiary/aromatic N) is 2. The number of morpholine rings is 1. The van der Waals surface area contributed by atoms with Gasteiger partial charge in [0, 0.05) is 32.6 Å². The fourth-order valence-electron chi connectivity index (χ4n) is 3.89. The molecule has 0 aromatic carbocycles. The first-order valence-electron chi connectivity index (χ1n) is 8.93. The number of carbonyl (C=O) groups is 2. The molecule has 2 saturated heterocycles. The van der Waals surface area contributed by atoms with E-state index in [-0.39, 0.29) is 18.9 Å². The molecule has 1 aliphatic carbocycles. The molecule has 0 bridgehead atoms. The van der Waals surface area contributed by atoms with Crippen molar-refractivity contribution < 1.29 is 27.9 Å². The summed E-state index contributed by atoms with van der Waals surface area (Å²) in [7, 11) is -3.46. The fourth-order valence-corrected chi connectivity index (χ4v) is 5.80. The topological polar surface area (TPSA) is 104 Å². The largest absolute Gasteiger partial charge is 0.481 e. The van der Waals surface area contributed by atoms with Gasteiger partial charge in [-0.3, -0.25) is 9.59 Å². The fraction of sp³-hybridized carbons (Fsp3) is 0.875. The second-order valence-electron chi connectivity index (χ2n) is 7.28. The van der Waals surface area contributed by atoms with Crippen LogP contribution in [0.3, 0.4) is 0 Å². The van der Waals surface area contributed by atoms with Gasteiger partial charge < -0.3 is 14.7 Å². The molecule has 3 fully saturated rings. The Morgan fingerprint density at radius 2 is 1.80 bits per heavy atom. The van der Waals surface area contributed by atoms with E-state index in [1.807, 2.05) is 0 Å². The highest BCUT2D eigenvalue weighted by molar-refractivity contribution is 7.89. The molecule has 0 aromatic heterocycles. The van der Waals surface area contributed by atoms with Crippen molar-refractivity contribution in [2.24, 2.45) is 5.41 Å². The predicted molar refractivity (Wildman–Crippen MR) is 89.5 cm³/mol. The van der Waals surface area contributed by atoms with Gasteiger partial charge in [0.25, 0.3) is 0 Å². The highest BCUT2D eigenvalue weighted by Gasteiger charge is 2.47. The third-order valence-electron chi connectivity index (χ3n) is 5.74. The van der Waals surface area contributed by atoms with Crippen LogP contribution in [0.2, 0.25) is 0 Å². The van der Waals surface area contributed by atoms with Crippen LogP contribution in [0.15, 0.2) is 0 Å². The lowest BCUT2D eigenvalue weighted by Gasteiger charge is -2.40. The van der Waals surface area contributed by atoms with Crippen LogP contribution < -0.4 is 0 Å². The zero-order chi connectivity index (χ0) is 18.1. The van der Waals surface area contributed by atoms with Crippen LogP contribution in [-0.2, 0) is 24.3 Å². The van der Waals surface area contributed by atoms with E-state index in [9.17, 15) is 23.1 Å². The average molecular weight is 374 g/mol. The highest BCUT2D eigenvalue weighted by Crippen LogP contribution is 2.44. The lowest BCUT2D eigenvalue weighted by atomic mass is 9.66. The van der Waals surface area contributed by atoms with Crippen molar-refractivity contribution in [1.29, 1.82) is 0 Å². The summed E-state index contributed by atoms with van der Waals surface area (Å²) in [6, 6.07) is 0. The molecule has 1 N–H and O–H groups in total. The van der Waals surface area contributed by atoms with E-state index in [0.29, 0.717) is 58.5 Å². The summed E-state index contributed by atoms with van der Waals surface area (Å²) in [5, 5.41) is 8.79. The highest BCUT2D eigenvalue weighted by atomic mass is 32.2. The van der Waals surface area contributed by atoms with Gasteiger partial charge in [-0.25, -0.2) is 8.42 Å². The van der Waals surface area contributed by atoms with E-state index in [2.05, 4.69) is 0 Å². The molecule has 0 radical (unpaired) electrons. The Labute approximate surface area is 148 Å². The molecule has 1 atom stereocenters. The number of amides is 1. The minimum absolute atomic E-state index is 0.0212. The molecule has 9 heteroatoms. The SMILES string of the molecule is O=C(CC1(C(=O)O)CCC1)N1CCCC(S(=O)(=O)N2CCOCC2)C1. The Bertz CT molecular complexity index is 625. The number of ether oxygens (including phenoxy) is 1. The molecule has 142 valence electrons. The van der Waals surface area contributed by atoms with Crippen LogP contribution in [-0.4, -0.2) is 79.2 Å². The third kappa shape index (κ3) is 3.68. The molecule has 8 nitrogen and oxygen atoms in total. The molecule has 2 aliphatic heterocycles. The minimum Gasteiger partial charge on any atom is -0.481 e. The molecule has 0 spiro atoms. The van der Waals surface area contributed by atoms with Crippen LogP contribution in [0.5, 0.6) is 0 Å². The van der Waals surface area contributed by atoms with E-state index in [4.69, 9.17) is 4.74 Å². The standard InChI is InChI=1S/C16H26N2O6S/c19-14(11-16(15(20)21)4-2-5-16)17-6-1-3-13(12-17)25(22,23)18-7-9-24-10-8-18/h13H,1-12H2,(H,20,21). The van der Waals surface area contributed by atoms with Gasteiger partial charge in [0.15, 0.2) is 0 Å².